The Bertz CT molecular complexity index is 910. The van der Waals surface area contributed by atoms with Crippen LogP contribution < -0.4 is 14.8 Å². The van der Waals surface area contributed by atoms with Gasteiger partial charge in [-0.3, -0.25) is 4.79 Å². The normalized spacial score (nSPS) is 11.7. The molecule has 0 radical (unpaired) electrons. The van der Waals surface area contributed by atoms with Crippen LogP contribution in [0.4, 0.5) is 10.2 Å². The molecule has 0 saturated heterocycles. The molecule has 28 heavy (non-hydrogen) atoms. The lowest BCUT2D eigenvalue weighted by atomic mass is 10.1. The molecule has 0 aliphatic rings. The van der Waals surface area contributed by atoms with Gasteiger partial charge in [-0.05, 0) is 72.2 Å². The molecule has 0 fully saturated rings. The van der Waals surface area contributed by atoms with Crippen molar-refractivity contribution < 1.29 is 23.3 Å². The molecular formula is C20H20FN3O4. The molecule has 8 heteroatoms. The summed E-state index contributed by atoms with van der Waals surface area (Å²) in [5.74, 6) is 0.531. The molecule has 7 nitrogen and oxygen atoms in total. The van der Waals surface area contributed by atoms with Crippen molar-refractivity contribution in [2.45, 2.75) is 26.4 Å². The number of hydrogen-bond donors (Lipinski definition) is 1. The summed E-state index contributed by atoms with van der Waals surface area (Å²) in [6, 6.07) is 12.7. The number of nitrogens with zero attached hydrogens (tertiary/aromatic N) is 2. The van der Waals surface area contributed by atoms with Gasteiger partial charge in [0.2, 0.25) is 5.82 Å². The molecule has 1 N–H and O–H groups in total. The van der Waals surface area contributed by atoms with Crippen molar-refractivity contribution in [1.29, 1.82) is 0 Å². The maximum atomic E-state index is 13.0. The minimum Gasteiger partial charge on any atom is -0.494 e. The van der Waals surface area contributed by atoms with Crippen LogP contribution in [-0.2, 0) is 4.79 Å². The molecule has 3 rings (SSSR count). The second kappa shape index (κ2) is 8.98. The van der Waals surface area contributed by atoms with Crippen molar-refractivity contribution in [1.82, 2.24) is 10.3 Å². The molecule has 0 aliphatic carbocycles. The van der Waals surface area contributed by atoms with Crippen LogP contribution in [0.2, 0.25) is 0 Å². The SMILES string of the molecule is CCOc1ccc(-c2nonc2NC(=O)C(CC)Oc2ccc(F)cc2)cc1. The van der Waals surface area contributed by atoms with Crippen molar-refractivity contribution in [3.05, 3.63) is 54.3 Å². The fourth-order valence-corrected chi connectivity index (χ4v) is 2.53. The molecule has 1 amide bonds. The molecule has 0 aliphatic heterocycles. The predicted octanol–water partition coefficient (Wildman–Crippen LogP) is 4.07. The minimum absolute atomic E-state index is 0.190. The van der Waals surface area contributed by atoms with Crippen LogP contribution in [0.1, 0.15) is 20.3 Å². The Labute approximate surface area is 161 Å². The van der Waals surface area contributed by atoms with E-state index in [0.29, 0.717) is 30.0 Å². The summed E-state index contributed by atoms with van der Waals surface area (Å²) in [6.07, 6.45) is -0.372. The van der Waals surface area contributed by atoms with Gasteiger partial charge < -0.3 is 14.8 Å². The number of ether oxygens (including phenoxy) is 2. The van der Waals surface area contributed by atoms with Gasteiger partial charge in [-0.1, -0.05) is 6.92 Å². The van der Waals surface area contributed by atoms with Crippen LogP contribution in [0.3, 0.4) is 0 Å². The Morgan fingerprint density at radius 1 is 1.07 bits per heavy atom. The second-order valence-corrected chi connectivity index (χ2v) is 5.88. The highest BCUT2D eigenvalue weighted by molar-refractivity contribution is 5.96. The van der Waals surface area contributed by atoms with Gasteiger partial charge in [0.15, 0.2) is 11.8 Å². The summed E-state index contributed by atoms with van der Waals surface area (Å²) in [4.78, 5) is 12.6. The molecule has 0 bridgehead atoms. The largest absolute Gasteiger partial charge is 0.494 e. The molecule has 3 aromatic rings. The van der Waals surface area contributed by atoms with Crippen molar-refractivity contribution in [3.63, 3.8) is 0 Å². The van der Waals surface area contributed by atoms with Crippen LogP contribution in [0, 0.1) is 5.82 Å². The number of carbonyl (C=O) groups is 1. The zero-order chi connectivity index (χ0) is 19.9. The number of halogens is 1. The van der Waals surface area contributed by atoms with E-state index in [1.807, 2.05) is 13.8 Å². The van der Waals surface area contributed by atoms with Crippen molar-refractivity contribution in [3.8, 4) is 22.8 Å². The van der Waals surface area contributed by atoms with Crippen molar-refractivity contribution in [2.75, 3.05) is 11.9 Å². The van der Waals surface area contributed by atoms with Crippen LogP contribution in [-0.4, -0.2) is 28.9 Å². The number of anilines is 1. The molecule has 146 valence electrons. The molecular weight excluding hydrogens is 365 g/mol. The van der Waals surface area contributed by atoms with E-state index in [1.165, 1.54) is 24.3 Å². The third-order valence-corrected chi connectivity index (χ3v) is 3.92. The third kappa shape index (κ3) is 4.64. The van der Waals surface area contributed by atoms with Crippen LogP contribution in [0.5, 0.6) is 11.5 Å². The van der Waals surface area contributed by atoms with E-state index in [0.717, 1.165) is 5.75 Å². The predicted molar refractivity (Wildman–Crippen MR) is 101 cm³/mol. The van der Waals surface area contributed by atoms with Crippen LogP contribution in [0.25, 0.3) is 11.3 Å². The Kier molecular flexibility index (Phi) is 6.21. The zero-order valence-corrected chi connectivity index (χ0v) is 15.5. The lowest BCUT2D eigenvalue weighted by Crippen LogP contribution is -2.32. The van der Waals surface area contributed by atoms with Gasteiger partial charge in [0.25, 0.3) is 5.91 Å². The van der Waals surface area contributed by atoms with E-state index in [2.05, 4.69) is 15.6 Å². The van der Waals surface area contributed by atoms with Gasteiger partial charge in [-0.25, -0.2) is 9.02 Å². The monoisotopic (exact) mass is 385 g/mol. The van der Waals surface area contributed by atoms with E-state index in [1.54, 1.807) is 24.3 Å². The van der Waals surface area contributed by atoms with E-state index in [9.17, 15) is 9.18 Å². The highest BCUT2D eigenvalue weighted by Crippen LogP contribution is 2.26. The Morgan fingerprint density at radius 2 is 1.75 bits per heavy atom. The first kappa shape index (κ1) is 19.3. The lowest BCUT2D eigenvalue weighted by Gasteiger charge is -2.16. The Hall–Kier alpha value is -3.42. The highest BCUT2D eigenvalue weighted by atomic mass is 19.1. The van der Waals surface area contributed by atoms with Gasteiger partial charge in [0.05, 0.1) is 6.61 Å². The number of benzene rings is 2. The van der Waals surface area contributed by atoms with Gasteiger partial charge in [0.1, 0.15) is 17.3 Å². The number of hydrogen-bond acceptors (Lipinski definition) is 6. The average molecular weight is 385 g/mol. The van der Waals surface area contributed by atoms with Gasteiger partial charge >= 0.3 is 0 Å². The molecule has 2 aromatic carbocycles. The summed E-state index contributed by atoms with van der Waals surface area (Å²) in [5.41, 5.74) is 1.11. The van der Waals surface area contributed by atoms with Gasteiger partial charge in [0, 0.05) is 5.56 Å². The maximum absolute atomic E-state index is 13.0. The maximum Gasteiger partial charge on any atom is 0.266 e. The molecule has 0 saturated carbocycles. The Balaban J connectivity index is 1.71. The minimum atomic E-state index is -0.782. The first-order valence-electron chi connectivity index (χ1n) is 8.89. The first-order chi connectivity index (χ1) is 13.6. The number of amides is 1. The van der Waals surface area contributed by atoms with E-state index in [4.69, 9.17) is 14.1 Å². The smallest absolute Gasteiger partial charge is 0.266 e. The second-order valence-electron chi connectivity index (χ2n) is 5.88. The summed E-state index contributed by atoms with van der Waals surface area (Å²) >= 11 is 0. The number of aromatic nitrogens is 2. The zero-order valence-electron chi connectivity index (χ0n) is 15.5. The highest BCUT2D eigenvalue weighted by Gasteiger charge is 2.22. The van der Waals surface area contributed by atoms with Crippen molar-refractivity contribution >= 4 is 11.7 Å². The van der Waals surface area contributed by atoms with Crippen LogP contribution in [0.15, 0.2) is 53.2 Å². The number of carbonyl (C=O) groups excluding carboxylic acids is 1. The lowest BCUT2D eigenvalue weighted by molar-refractivity contribution is -0.122. The standard InChI is InChI=1S/C20H20FN3O4/c1-3-17(27-16-11-7-14(21)8-12-16)20(25)22-19-18(23-28-24-19)13-5-9-15(10-6-13)26-4-2/h5-12,17H,3-4H2,1-2H3,(H,22,24,25). The van der Waals surface area contributed by atoms with Gasteiger partial charge in [-0.2, -0.15) is 0 Å². The Morgan fingerprint density at radius 3 is 2.39 bits per heavy atom. The average Bonchev–Trinajstić information content (AvgIpc) is 3.16. The van der Waals surface area contributed by atoms with Crippen LogP contribution >= 0.6 is 0 Å². The topological polar surface area (TPSA) is 86.5 Å². The van der Waals surface area contributed by atoms with E-state index < -0.39 is 12.0 Å². The summed E-state index contributed by atoms with van der Waals surface area (Å²) in [6.45, 7) is 4.28. The first-order valence-corrected chi connectivity index (χ1v) is 8.89. The summed E-state index contributed by atoms with van der Waals surface area (Å²) < 4.78 is 28.9. The fourth-order valence-electron chi connectivity index (χ4n) is 2.53. The fraction of sp³-hybridized carbons (Fsp3) is 0.250. The van der Waals surface area contributed by atoms with Crippen molar-refractivity contribution in [2.24, 2.45) is 0 Å². The molecule has 0 spiro atoms. The molecule has 1 atom stereocenters. The molecule has 1 aromatic heterocycles. The van der Waals surface area contributed by atoms with E-state index >= 15 is 0 Å². The summed E-state index contributed by atoms with van der Waals surface area (Å²) in [5, 5.41) is 10.3. The summed E-state index contributed by atoms with van der Waals surface area (Å²) in [7, 11) is 0. The quantitative estimate of drug-likeness (QED) is 0.629. The third-order valence-electron chi connectivity index (χ3n) is 3.92. The number of rotatable bonds is 8. The number of nitrogens with one attached hydrogen (secondary N) is 1. The van der Waals surface area contributed by atoms with E-state index in [-0.39, 0.29) is 11.6 Å². The van der Waals surface area contributed by atoms with Gasteiger partial charge in [-0.15, -0.1) is 0 Å². The molecule has 1 heterocycles. The molecule has 1 unspecified atom stereocenters.